The fourth-order valence-electron chi connectivity index (χ4n) is 2.63. The first-order valence-corrected chi connectivity index (χ1v) is 10.0. The number of halogens is 1. The van der Waals surface area contributed by atoms with E-state index < -0.39 is 21.8 Å². The molecular formula is C18H22FN3O4S. The van der Waals surface area contributed by atoms with Gasteiger partial charge in [0.2, 0.25) is 0 Å². The number of nitrogens with zero attached hydrogens (tertiary/aromatic N) is 2. The average molecular weight is 395 g/mol. The lowest BCUT2D eigenvalue weighted by molar-refractivity contribution is 0.0697. The van der Waals surface area contributed by atoms with Crippen LogP contribution in [0.15, 0.2) is 41.4 Å². The van der Waals surface area contributed by atoms with Gasteiger partial charge >= 0.3 is 5.97 Å². The Balaban J connectivity index is 2.39. The van der Waals surface area contributed by atoms with Crippen molar-refractivity contribution in [2.45, 2.75) is 31.6 Å². The van der Waals surface area contributed by atoms with Crippen molar-refractivity contribution in [2.24, 2.45) is 0 Å². The van der Waals surface area contributed by atoms with E-state index in [1.165, 1.54) is 24.4 Å². The van der Waals surface area contributed by atoms with Crippen LogP contribution >= 0.6 is 0 Å². The molecule has 0 saturated carbocycles. The molecule has 2 N–H and O–H groups in total. The van der Waals surface area contributed by atoms with Crippen LogP contribution in [0.5, 0.6) is 0 Å². The standard InChI is InChI=1S/C18H22FN3O4S/c1-3-8-22(9-4-2)17-16(18(23)24)11-14(12-20-17)21-27(25,26)15-7-5-6-13(19)10-15/h5-7,10-12,21H,3-4,8-9H2,1-2H3,(H,23,24). The Morgan fingerprint density at radius 3 is 2.44 bits per heavy atom. The van der Waals surface area contributed by atoms with Crippen LogP contribution in [0.1, 0.15) is 37.0 Å². The second-order valence-electron chi connectivity index (χ2n) is 5.95. The van der Waals surface area contributed by atoms with Gasteiger partial charge in [-0.25, -0.2) is 22.6 Å². The molecule has 0 saturated heterocycles. The maximum atomic E-state index is 13.3. The summed E-state index contributed by atoms with van der Waals surface area (Å²) >= 11 is 0. The van der Waals surface area contributed by atoms with E-state index in [1.54, 1.807) is 0 Å². The Hall–Kier alpha value is -2.68. The van der Waals surface area contributed by atoms with Crippen molar-refractivity contribution in [1.29, 1.82) is 0 Å². The van der Waals surface area contributed by atoms with E-state index in [0.717, 1.165) is 25.0 Å². The normalized spacial score (nSPS) is 11.2. The highest BCUT2D eigenvalue weighted by atomic mass is 32.2. The number of pyridine rings is 1. The third kappa shape index (κ3) is 5.16. The fourth-order valence-corrected chi connectivity index (χ4v) is 3.70. The van der Waals surface area contributed by atoms with E-state index in [9.17, 15) is 22.7 Å². The third-order valence-corrected chi connectivity index (χ3v) is 5.12. The molecule has 0 atom stereocenters. The van der Waals surface area contributed by atoms with E-state index in [2.05, 4.69) is 9.71 Å². The fraction of sp³-hybridized carbons (Fsp3) is 0.333. The number of aromatic carboxylic acids is 1. The first-order chi connectivity index (χ1) is 12.8. The molecule has 27 heavy (non-hydrogen) atoms. The van der Waals surface area contributed by atoms with Gasteiger partial charge in [0.1, 0.15) is 17.2 Å². The molecular weight excluding hydrogens is 373 g/mol. The predicted molar refractivity (Wildman–Crippen MR) is 101 cm³/mol. The Morgan fingerprint density at radius 2 is 1.89 bits per heavy atom. The quantitative estimate of drug-likeness (QED) is 0.675. The molecule has 1 aromatic carbocycles. The Kier molecular flexibility index (Phi) is 6.73. The second kappa shape index (κ2) is 8.81. The highest BCUT2D eigenvalue weighted by Gasteiger charge is 2.20. The molecule has 0 fully saturated rings. The largest absolute Gasteiger partial charge is 0.478 e. The molecule has 1 aromatic heterocycles. The van der Waals surface area contributed by atoms with Crippen molar-refractivity contribution >= 4 is 27.5 Å². The molecule has 9 heteroatoms. The van der Waals surface area contributed by atoms with Gasteiger partial charge in [0.15, 0.2) is 0 Å². The summed E-state index contributed by atoms with van der Waals surface area (Å²) in [6.45, 7) is 5.22. The van der Waals surface area contributed by atoms with E-state index in [1.807, 2.05) is 18.7 Å². The van der Waals surface area contributed by atoms with Crippen LogP contribution in [-0.4, -0.2) is 37.6 Å². The smallest absolute Gasteiger partial charge is 0.339 e. The van der Waals surface area contributed by atoms with Gasteiger partial charge in [-0.3, -0.25) is 4.72 Å². The van der Waals surface area contributed by atoms with Gasteiger partial charge in [0.05, 0.1) is 16.8 Å². The van der Waals surface area contributed by atoms with Gasteiger partial charge in [-0.1, -0.05) is 19.9 Å². The first-order valence-electron chi connectivity index (χ1n) is 8.55. The molecule has 0 spiro atoms. The van der Waals surface area contributed by atoms with Gasteiger partial charge in [0.25, 0.3) is 10.0 Å². The monoisotopic (exact) mass is 395 g/mol. The number of hydrogen-bond donors (Lipinski definition) is 2. The lowest BCUT2D eigenvalue weighted by Gasteiger charge is -2.24. The van der Waals surface area contributed by atoms with Crippen LogP contribution in [-0.2, 0) is 10.0 Å². The van der Waals surface area contributed by atoms with E-state index in [4.69, 9.17) is 0 Å². The maximum Gasteiger partial charge on any atom is 0.339 e. The minimum absolute atomic E-state index is 0.00615. The Bertz CT molecular complexity index is 913. The van der Waals surface area contributed by atoms with Crippen LogP contribution in [0, 0.1) is 5.82 Å². The van der Waals surface area contributed by atoms with Gasteiger partial charge < -0.3 is 10.0 Å². The molecule has 0 bridgehead atoms. The number of carbonyl (C=O) groups is 1. The van der Waals surface area contributed by atoms with Crippen LogP contribution < -0.4 is 9.62 Å². The third-order valence-electron chi connectivity index (χ3n) is 3.74. The number of rotatable bonds is 9. The highest BCUT2D eigenvalue weighted by Crippen LogP contribution is 2.24. The molecule has 2 aromatic rings. The van der Waals surface area contributed by atoms with Gasteiger partial charge in [-0.15, -0.1) is 0 Å². The van der Waals surface area contributed by atoms with Gasteiger partial charge in [-0.2, -0.15) is 0 Å². The summed E-state index contributed by atoms with van der Waals surface area (Å²) in [7, 11) is -4.07. The number of sulfonamides is 1. The number of benzene rings is 1. The summed E-state index contributed by atoms with van der Waals surface area (Å²) in [4.78, 5) is 17.4. The van der Waals surface area contributed by atoms with E-state index >= 15 is 0 Å². The number of nitrogens with one attached hydrogen (secondary N) is 1. The molecule has 0 unspecified atom stereocenters. The van der Waals surface area contributed by atoms with Crippen molar-refractivity contribution < 1.29 is 22.7 Å². The Labute approximate surface area is 157 Å². The molecule has 0 aliphatic rings. The number of carboxylic acid groups (broad SMARTS) is 1. The molecule has 2 rings (SSSR count). The highest BCUT2D eigenvalue weighted by molar-refractivity contribution is 7.92. The average Bonchev–Trinajstić information content (AvgIpc) is 2.61. The minimum Gasteiger partial charge on any atom is -0.478 e. The zero-order chi connectivity index (χ0) is 20.0. The summed E-state index contributed by atoms with van der Waals surface area (Å²) < 4.78 is 40.3. The van der Waals surface area contributed by atoms with Gasteiger partial charge in [0, 0.05) is 13.1 Å². The Morgan fingerprint density at radius 1 is 1.22 bits per heavy atom. The topological polar surface area (TPSA) is 99.6 Å². The maximum absolute atomic E-state index is 13.3. The van der Waals surface area contributed by atoms with Crippen molar-refractivity contribution in [3.63, 3.8) is 0 Å². The van der Waals surface area contributed by atoms with Crippen LogP contribution in [0.3, 0.4) is 0 Å². The summed E-state index contributed by atoms with van der Waals surface area (Å²) in [5.41, 5.74) is -0.107. The van der Waals surface area contributed by atoms with Crippen molar-refractivity contribution in [2.75, 3.05) is 22.7 Å². The van der Waals surface area contributed by atoms with Crippen molar-refractivity contribution in [3.05, 3.63) is 47.9 Å². The lowest BCUT2D eigenvalue weighted by atomic mass is 10.2. The summed E-state index contributed by atoms with van der Waals surface area (Å²) in [6, 6.07) is 5.76. The molecule has 0 amide bonds. The van der Waals surface area contributed by atoms with Crippen LogP contribution in [0.25, 0.3) is 0 Å². The number of aromatic nitrogens is 1. The van der Waals surface area contributed by atoms with E-state index in [0.29, 0.717) is 18.9 Å². The van der Waals surface area contributed by atoms with Crippen molar-refractivity contribution in [3.8, 4) is 0 Å². The molecule has 146 valence electrons. The van der Waals surface area contributed by atoms with Crippen molar-refractivity contribution in [1.82, 2.24) is 4.98 Å². The number of carboxylic acids is 1. The zero-order valence-electron chi connectivity index (χ0n) is 15.1. The minimum atomic E-state index is -4.07. The first kappa shape index (κ1) is 20.6. The molecule has 7 nitrogen and oxygen atoms in total. The summed E-state index contributed by atoms with van der Waals surface area (Å²) in [5, 5.41) is 9.53. The SMILES string of the molecule is CCCN(CCC)c1ncc(NS(=O)(=O)c2cccc(F)c2)cc1C(=O)O. The van der Waals surface area contributed by atoms with Crippen LogP contribution in [0.2, 0.25) is 0 Å². The van der Waals surface area contributed by atoms with E-state index in [-0.39, 0.29) is 16.1 Å². The number of anilines is 2. The van der Waals surface area contributed by atoms with Gasteiger partial charge in [-0.05, 0) is 37.1 Å². The zero-order valence-corrected chi connectivity index (χ0v) is 16.0. The molecule has 0 radical (unpaired) electrons. The predicted octanol–water partition coefficient (Wildman–Crippen LogP) is 3.35. The lowest BCUT2D eigenvalue weighted by Crippen LogP contribution is -2.28. The molecule has 0 aliphatic heterocycles. The summed E-state index contributed by atoms with van der Waals surface area (Å²) in [6.07, 6.45) is 2.89. The number of hydrogen-bond acceptors (Lipinski definition) is 5. The second-order valence-corrected chi connectivity index (χ2v) is 7.63. The molecule has 0 aliphatic carbocycles. The van der Waals surface area contributed by atoms with Crippen LogP contribution in [0.4, 0.5) is 15.9 Å². The summed E-state index contributed by atoms with van der Waals surface area (Å²) in [5.74, 6) is -1.60. The molecule has 1 heterocycles.